The number of rotatable bonds is 3. The summed E-state index contributed by atoms with van der Waals surface area (Å²) >= 11 is 5.46. The summed E-state index contributed by atoms with van der Waals surface area (Å²) in [5, 5.41) is 7.19. The highest BCUT2D eigenvalue weighted by atomic mass is 32.1. The molecule has 0 spiro atoms. The van der Waals surface area contributed by atoms with E-state index < -0.39 is 0 Å². The van der Waals surface area contributed by atoms with Crippen LogP contribution in [0.25, 0.3) is 0 Å². The molecule has 0 amide bonds. The van der Waals surface area contributed by atoms with E-state index in [0.29, 0.717) is 5.11 Å². The van der Waals surface area contributed by atoms with Gasteiger partial charge in [0, 0.05) is 30.2 Å². The van der Waals surface area contributed by atoms with Crippen molar-refractivity contribution in [3.8, 4) is 0 Å². The molecule has 1 aliphatic heterocycles. The zero-order valence-corrected chi connectivity index (χ0v) is 16.1. The summed E-state index contributed by atoms with van der Waals surface area (Å²) in [4.78, 5) is 2.47. The predicted molar refractivity (Wildman–Crippen MR) is 113 cm³/mol. The molecule has 1 saturated heterocycles. The van der Waals surface area contributed by atoms with Crippen molar-refractivity contribution in [2.24, 2.45) is 5.92 Å². The lowest BCUT2D eigenvalue weighted by Crippen LogP contribution is -2.32. The number of hydrogen-bond donors (Lipinski definition) is 2. The first-order valence-electron chi connectivity index (χ1n) is 9.01. The molecule has 0 atom stereocenters. The number of aryl methyl sites for hydroxylation is 2. The highest BCUT2D eigenvalue weighted by molar-refractivity contribution is 7.80. The van der Waals surface area contributed by atoms with Crippen LogP contribution in [-0.2, 0) is 0 Å². The van der Waals surface area contributed by atoms with Crippen LogP contribution in [0.2, 0.25) is 0 Å². The number of anilines is 3. The summed E-state index contributed by atoms with van der Waals surface area (Å²) in [6.07, 6.45) is 2.56. The van der Waals surface area contributed by atoms with Crippen molar-refractivity contribution in [2.75, 3.05) is 28.6 Å². The molecule has 0 aliphatic carbocycles. The molecule has 25 heavy (non-hydrogen) atoms. The number of nitrogens with one attached hydrogen (secondary N) is 2. The molecule has 0 bridgehead atoms. The minimum atomic E-state index is 0.619. The molecule has 1 aliphatic rings. The van der Waals surface area contributed by atoms with Crippen LogP contribution < -0.4 is 15.5 Å². The van der Waals surface area contributed by atoms with Crippen LogP contribution in [0.15, 0.2) is 42.5 Å². The fourth-order valence-corrected chi connectivity index (χ4v) is 3.41. The molecular weight excluding hydrogens is 326 g/mol. The van der Waals surface area contributed by atoms with Gasteiger partial charge in [0.15, 0.2) is 5.11 Å². The van der Waals surface area contributed by atoms with Crippen LogP contribution in [0.1, 0.15) is 30.9 Å². The van der Waals surface area contributed by atoms with E-state index in [1.54, 1.807) is 0 Å². The van der Waals surface area contributed by atoms with Gasteiger partial charge in [-0.2, -0.15) is 0 Å². The zero-order chi connectivity index (χ0) is 17.8. The van der Waals surface area contributed by atoms with Gasteiger partial charge in [-0.05, 0) is 86.3 Å². The first-order chi connectivity index (χ1) is 12.0. The molecule has 0 aromatic heterocycles. The molecular formula is C21H27N3S. The predicted octanol–water partition coefficient (Wildman–Crippen LogP) is 5.35. The molecule has 2 aromatic carbocycles. The Kier molecular flexibility index (Phi) is 5.59. The van der Waals surface area contributed by atoms with Crippen molar-refractivity contribution in [2.45, 2.75) is 33.6 Å². The third-order valence-corrected chi connectivity index (χ3v) is 5.12. The lowest BCUT2D eigenvalue weighted by Gasteiger charge is -2.32. The summed E-state index contributed by atoms with van der Waals surface area (Å²) in [5.41, 5.74) is 5.76. The fourth-order valence-electron chi connectivity index (χ4n) is 3.18. The highest BCUT2D eigenvalue weighted by Crippen LogP contribution is 2.24. The molecule has 1 heterocycles. The van der Waals surface area contributed by atoms with Crippen molar-refractivity contribution >= 4 is 34.4 Å². The van der Waals surface area contributed by atoms with E-state index in [-0.39, 0.29) is 0 Å². The van der Waals surface area contributed by atoms with E-state index in [2.05, 4.69) is 78.8 Å². The maximum atomic E-state index is 5.46. The summed E-state index contributed by atoms with van der Waals surface area (Å²) in [6.45, 7) is 8.81. The largest absolute Gasteiger partial charge is 0.372 e. The lowest BCUT2D eigenvalue weighted by molar-refractivity contribution is 0.438. The van der Waals surface area contributed by atoms with E-state index in [9.17, 15) is 0 Å². The summed E-state index contributed by atoms with van der Waals surface area (Å²) in [7, 11) is 0. The van der Waals surface area contributed by atoms with E-state index >= 15 is 0 Å². The second-order valence-electron chi connectivity index (χ2n) is 7.11. The molecule has 3 nitrogen and oxygen atoms in total. The van der Waals surface area contributed by atoms with Gasteiger partial charge in [0.2, 0.25) is 0 Å². The maximum Gasteiger partial charge on any atom is 0.175 e. The molecule has 132 valence electrons. The van der Waals surface area contributed by atoms with E-state index in [0.717, 1.165) is 30.4 Å². The quantitative estimate of drug-likeness (QED) is 0.728. The molecule has 4 heteroatoms. The number of piperidine rings is 1. The first-order valence-corrected chi connectivity index (χ1v) is 9.42. The Labute approximate surface area is 156 Å². The Balaban J connectivity index is 1.59. The molecule has 0 unspecified atom stereocenters. The van der Waals surface area contributed by atoms with Crippen molar-refractivity contribution in [1.29, 1.82) is 0 Å². The third-order valence-electron chi connectivity index (χ3n) is 4.92. The van der Waals surface area contributed by atoms with Crippen LogP contribution in [-0.4, -0.2) is 18.2 Å². The average molecular weight is 354 g/mol. The topological polar surface area (TPSA) is 27.3 Å². The average Bonchev–Trinajstić information content (AvgIpc) is 2.59. The van der Waals surface area contributed by atoms with Crippen molar-refractivity contribution in [1.82, 2.24) is 0 Å². The van der Waals surface area contributed by atoms with Gasteiger partial charge in [-0.15, -0.1) is 0 Å². The fraction of sp³-hybridized carbons (Fsp3) is 0.381. The lowest BCUT2D eigenvalue weighted by atomic mass is 9.99. The Morgan fingerprint density at radius 2 is 1.68 bits per heavy atom. The maximum absolute atomic E-state index is 5.46. The van der Waals surface area contributed by atoms with Crippen LogP contribution in [0, 0.1) is 19.8 Å². The van der Waals surface area contributed by atoms with E-state index in [1.807, 2.05) is 0 Å². The van der Waals surface area contributed by atoms with Crippen molar-refractivity contribution in [3.63, 3.8) is 0 Å². The summed E-state index contributed by atoms with van der Waals surface area (Å²) in [6, 6.07) is 14.9. The van der Waals surface area contributed by atoms with Crippen LogP contribution in [0.3, 0.4) is 0 Å². The van der Waals surface area contributed by atoms with Gasteiger partial charge in [0.25, 0.3) is 0 Å². The van der Waals surface area contributed by atoms with Crippen molar-refractivity contribution in [3.05, 3.63) is 53.6 Å². The highest BCUT2D eigenvalue weighted by Gasteiger charge is 2.15. The summed E-state index contributed by atoms with van der Waals surface area (Å²) in [5.74, 6) is 0.853. The Morgan fingerprint density at radius 1 is 1.00 bits per heavy atom. The standard InChI is InChI=1S/C21H27N3S/c1-15-10-12-24(13-11-15)19-8-6-18(7-9-19)22-21(25)23-20-14-16(2)4-5-17(20)3/h4-9,14-15H,10-13H2,1-3H3,(H2,22,23,25). The second-order valence-corrected chi connectivity index (χ2v) is 7.52. The Morgan fingerprint density at radius 3 is 2.36 bits per heavy atom. The molecule has 3 rings (SSSR count). The molecule has 0 radical (unpaired) electrons. The van der Waals surface area contributed by atoms with Gasteiger partial charge in [-0.3, -0.25) is 0 Å². The molecule has 2 N–H and O–H groups in total. The number of hydrogen-bond acceptors (Lipinski definition) is 2. The number of nitrogens with zero attached hydrogens (tertiary/aromatic N) is 1. The number of thiocarbonyl (C=S) groups is 1. The monoisotopic (exact) mass is 353 g/mol. The van der Waals surface area contributed by atoms with Gasteiger partial charge in [0.05, 0.1) is 0 Å². The van der Waals surface area contributed by atoms with Gasteiger partial charge in [-0.1, -0.05) is 19.1 Å². The van der Waals surface area contributed by atoms with E-state index in [4.69, 9.17) is 12.2 Å². The third kappa shape index (κ3) is 4.73. The van der Waals surface area contributed by atoms with Gasteiger partial charge in [-0.25, -0.2) is 0 Å². The zero-order valence-electron chi connectivity index (χ0n) is 15.3. The summed E-state index contributed by atoms with van der Waals surface area (Å²) < 4.78 is 0. The van der Waals surface area contributed by atoms with Crippen LogP contribution in [0.4, 0.5) is 17.1 Å². The normalized spacial score (nSPS) is 15.1. The van der Waals surface area contributed by atoms with E-state index in [1.165, 1.54) is 29.7 Å². The Bertz CT molecular complexity index is 731. The molecule has 1 fully saturated rings. The number of benzene rings is 2. The van der Waals surface area contributed by atoms with Crippen LogP contribution in [0.5, 0.6) is 0 Å². The molecule has 0 saturated carbocycles. The minimum absolute atomic E-state index is 0.619. The minimum Gasteiger partial charge on any atom is -0.372 e. The Hall–Kier alpha value is -2.07. The first kappa shape index (κ1) is 17.7. The smallest absolute Gasteiger partial charge is 0.175 e. The van der Waals surface area contributed by atoms with Gasteiger partial charge >= 0.3 is 0 Å². The molecule has 2 aromatic rings. The SMILES string of the molecule is Cc1ccc(C)c(NC(=S)Nc2ccc(N3CCC(C)CC3)cc2)c1. The van der Waals surface area contributed by atoms with Gasteiger partial charge < -0.3 is 15.5 Å². The van der Waals surface area contributed by atoms with Gasteiger partial charge in [0.1, 0.15) is 0 Å². The van der Waals surface area contributed by atoms with Crippen LogP contribution >= 0.6 is 12.2 Å². The van der Waals surface area contributed by atoms with Crippen molar-refractivity contribution < 1.29 is 0 Å². The second kappa shape index (κ2) is 7.87.